The minimum Gasteiger partial charge on any atom is -0.480 e. The number of aliphatic imine (C=N–C) groups is 2. The number of nitrogens with zero attached hydrogens (tertiary/aromatic N) is 6. The van der Waals surface area contributed by atoms with E-state index in [-0.39, 0.29) is 18.4 Å². The summed E-state index contributed by atoms with van der Waals surface area (Å²) in [4.78, 5) is 31.8. The summed E-state index contributed by atoms with van der Waals surface area (Å²) in [6.45, 7) is 7.90. The first kappa shape index (κ1) is 36.9. The van der Waals surface area contributed by atoms with Crippen molar-refractivity contribution in [1.29, 1.82) is 5.26 Å². The Balaban J connectivity index is 1.38. The molecule has 2 aliphatic heterocycles. The number of nitrogens with one attached hydrogen (secondary N) is 2. The van der Waals surface area contributed by atoms with Crippen LogP contribution in [0.3, 0.4) is 0 Å². The fourth-order valence-corrected chi connectivity index (χ4v) is 6.86. The van der Waals surface area contributed by atoms with Crippen LogP contribution in [0.2, 0.25) is 10.0 Å². The molecule has 2 fully saturated rings. The lowest BCUT2D eigenvalue weighted by Gasteiger charge is -2.21. The highest BCUT2D eigenvalue weighted by Gasteiger charge is 2.36. The maximum Gasteiger partial charge on any atom is 0.237 e. The zero-order chi connectivity index (χ0) is 35.8. The van der Waals surface area contributed by atoms with Crippen molar-refractivity contribution in [2.75, 3.05) is 40.4 Å². The van der Waals surface area contributed by atoms with E-state index < -0.39 is 5.60 Å². The first-order chi connectivity index (χ1) is 24.1. The standard InChI is InChI=1S/C36H40Cl2N8O4/c1-22(43-34(49-3)29(40-2)18-41-17-23-11-12-31(47)44-23)24-7-5-8-25(32(24)37)26-9-6-10-27(33(26)38)28-19-42-30(35(45-28)50-4)20-46-16-14-36(48,21-46)13-15-39/h5-10,19,23,41,48H,2,11-14,16-18,20-21H2,1,3-4H3,(H,44,47)/b34-29+,43-22+/t23-,36?/m0/s1. The number of β-amino-alcohol motifs (C(OH)–C–C–N with tert-alkyl or cyclic N) is 1. The average molecular weight is 720 g/mol. The van der Waals surface area contributed by atoms with Gasteiger partial charge in [-0.3, -0.25) is 19.7 Å². The van der Waals surface area contributed by atoms with Crippen LogP contribution >= 0.6 is 23.2 Å². The molecule has 0 bridgehead atoms. The first-order valence-electron chi connectivity index (χ1n) is 16.2. The van der Waals surface area contributed by atoms with Crippen LogP contribution in [0.4, 0.5) is 0 Å². The van der Waals surface area contributed by atoms with Crippen LogP contribution in [0.5, 0.6) is 5.88 Å². The first-order valence-corrected chi connectivity index (χ1v) is 16.9. The van der Waals surface area contributed by atoms with E-state index in [2.05, 4.69) is 33.4 Å². The van der Waals surface area contributed by atoms with Gasteiger partial charge in [-0.1, -0.05) is 59.6 Å². The third kappa shape index (κ3) is 8.49. The molecule has 3 N–H and O–H groups in total. The SMILES string of the molecule is C=N/C(CNC[C@@H]1CCC(=O)N1)=C(\N=C(/C)c1cccc(-c2cccc(-c3cnc(CN4CCC(O)(CC#N)C4)c(OC)n3)c2Cl)c1Cl)OC. The molecule has 1 unspecified atom stereocenters. The van der Waals surface area contributed by atoms with E-state index in [1.165, 1.54) is 14.2 Å². The smallest absolute Gasteiger partial charge is 0.237 e. The van der Waals surface area contributed by atoms with Crippen molar-refractivity contribution in [3.8, 4) is 34.3 Å². The molecule has 3 aromatic rings. The van der Waals surface area contributed by atoms with E-state index >= 15 is 0 Å². The second-order valence-corrected chi connectivity index (χ2v) is 13.1. The fourth-order valence-electron chi connectivity index (χ4n) is 6.17. The second kappa shape index (κ2) is 16.6. The Bertz CT molecular complexity index is 1860. The topological polar surface area (TPSA) is 157 Å². The highest BCUT2D eigenvalue weighted by atomic mass is 35.5. The number of hydrogen-bond donors (Lipinski definition) is 3. The van der Waals surface area contributed by atoms with Gasteiger partial charge >= 0.3 is 0 Å². The van der Waals surface area contributed by atoms with Gasteiger partial charge in [-0.25, -0.2) is 9.98 Å². The molecule has 50 heavy (non-hydrogen) atoms. The largest absolute Gasteiger partial charge is 0.480 e. The van der Waals surface area contributed by atoms with Gasteiger partial charge in [0.15, 0.2) is 0 Å². The number of nitriles is 1. The van der Waals surface area contributed by atoms with E-state index in [9.17, 15) is 9.90 Å². The van der Waals surface area contributed by atoms with Crippen LogP contribution in [-0.2, 0) is 16.1 Å². The summed E-state index contributed by atoms with van der Waals surface area (Å²) in [6, 6.07) is 13.4. The lowest BCUT2D eigenvalue weighted by atomic mass is 9.98. The van der Waals surface area contributed by atoms with Crippen molar-refractivity contribution >= 4 is 41.5 Å². The number of aliphatic hydroxyl groups is 1. The summed E-state index contributed by atoms with van der Waals surface area (Å²) >= 11 is 14.1. The monoisotopic (exact) mass is 718 g/mol. The summed E-state index contributed by atoms with van der Waals surface area (Å²) < 4.78 is 11.2. The third-order valence-corrected chi connectivity index (χ3v) is 9.63. The van der Waals surface area contributed by atoms with E-state index in [0.717, 1.165) is 6.42 Å². The molecule has 0 spiro atoms. The Morgan fingerprint density at radius 3 is 2.64 bits per heavy atom. The molecule has 1 amide bonds. The Morgan fingerprint density at radius 2 is 1.96 bits per heavy atom. The van der Waals surface area contributed by atoms with E-state index in [4.69, 9.17) is 47.9 Å². The van der Waals surface area contributed by atoms with Gasteiger partial charge in [0.05, 0.1) is 60.0 Å². The number of benzene rings is 2. The molecule has 12 nitrogen and oxygen atoms in total. The van der Waals surface area contributed by atoms with Gasteiger partial charge in [0.2, 0.25) is 17.7 Å². The number of hydrogen-bond acceptors (Lipinski definition) is 11. The fraction of sp³-hybridized carbons (Fsp3) is 0.389. The van der Waals surface area contributed by atoms with Gasteiger partial charge in [0.1, 0.15) is 11.4 Å². The minimum absolute atomic E-state index is 0.0608. The normalized spacial score (nSPS) is 19.9. The Labute approximate surface area is 301 Å². The predicted octanol–water partition coefficient (Wildman–Crippen LogP) is 5.17. The van der Waals surface area contributed by atoms with Gasteiger partial charge in [0, 0.05) is 67.4 Å². The number of likely N-dealkylation sites (tertiary alicyclic amines) is 1. The van der Waals surface area contributed by atoms with Crippen molar-refractivity contribution in [1.82, 2.24) is 25.5 Å². The highest BCUT2D eigenvalue weighted by molar-refractivity contribution is 6.39. The van der Waals surface area contributed by atoms with Crippen molar-refractivity contribution in [2.24, 2.45) is 9.98 Å². The summed E-state index contributed by atoms with van der Waals surface area (Å²) in [7, 11) is 3.05. The summed E-state index contributed by atoms with van der Waals surface area (Å²) in [5.41, 5.74) is 3.96. The number of aromatic nitrogens is 2. The van der Waals surface area contributed by atoms with Crippen molar-refractivity contribution in [2.45, 2.75) is 50.8 Å². The summed E-state index contributed by atoms with van der Waals surface area (Å²) in [5, 5.41) is 26.8. The number of halogens is 2. The molecule has 262 valence electrons. The predicted molar refractivity (Wildman–Crippen MR) is 194 cm³/mol. The van der Waals surface area contributed by atoms with Crippen molar-refractivity contribution in [3.63, 3.8) is 0 Å². The van der Waals surface area contributed by atoms with Crippen LogP contribution in [0.1, 0.15) is 43.9 Å². The number of carbonyl (C=O) groups is 1. The van der Waals surface area contributed by atoms with E-state index in [0.29, 0.717) is 112 Å². The quantitative estimate of drug-likeness (QED) is 0.151. The van der Waals surface area contributed by atoms with Gasteiger partial charge in [0.25, 0.3) is 0 Å². The van der Waals surface area contributed by atoms with E-state index in [1.807, 2.05) is 48.2 Å². The number of methoxy groups -OCH3 is 2. The number of ether oxygens (including phenoxy) is 2. The molecule has 0 aliphatic carbocycles. The molecule has 2 saturated heterocycles. The highest BCUT2D eigenvalue weighted by Crippen LogP contribution is 2.40. The summed E-state index contributed by atoms with van der Waals surface area (Å²) in [5.74, 6) is 0.702. The zero-order valence-corrected chi connectivity index (χ0v) is 29.8. The van der Waals surface area contributed by atoms with Crippen LogP contribution in [0.15, 0.2) is 64.2 Å². The Hall–Kier alpha value is -4.38. The van der Waals surface area contributed by atoms with Crippen LogP contribution in [0.25, 0.3) is 22.4 Å². The zero-order valence-electron chi connectivity index (χ0n) is 28.3. The molecule has 0 saturated carbocycles. The molecule has 0 radical (unpaired) electrons. The Morgan fingerprint density at radius 1 is 1.22 bits per heavy atom. The molecule has 14 heteroatoms. The molecule has 1 aromatic heterocycles. The van der Waals surface area contributed by atoms with Gasteiger partial charge in [-0.15, -0.1) is 0 Å². The molecular weight excluding hydrogens is 679 g/mol. The maximum absolute atomic E-state index is 11.5. The lowest BCUT2D eigenvalue weighted by Crippen LogP contribution is -2.36. The van der Waals surface area contributed by atoms with Gasteiger partial charge in [-0.05, 0) is 26.5 Å². The molecular formula is C36H40Cl2N8O4. The van der Waals surface area contributed by atoms with E-state index in [1.54, 1.807) is 6.20 Å². The minimum atomic E-state index is -1.02. The molecule has 3 heterocycles. The molecule has 2 atom stereocenters. The van der Waals surface area contributed by atoms with Crippen LogP contribution < -0.4 is 15.4 Å². The van der Waals surface area contributed by atoms with Crippen LogP contribution in [-0.4, -0.2) is 90.4 Å². The molecule has 5 rings (SSSR count). The van der Waals surface area contributed by atoms with Gasteiger partial charge < -0.3 is 25.2 Å². The maximum atomic E-state index is 11.5. The number of rotatable bonds is 14. The number of amides is 1. The van der Waals surface area contributed by atoms with Crippen LogP contribution in [0, 0.1) is 11.3 Å². The molecule has 2 aliphatic rings. The lowest BCUT2D eigenvalue weighted by molar-refractivity contribution is -0.119. The average Bonchev–Trinajstić information content (AvgIpc) is 3.70. The third-order valence-electron chi connectivity index (χ3n) is 8.82. The Kier molecular flexibility index (Phi) is 12.2. The summed E-state index contributed by atoms with van der Waals surface area (Å²) in [6.07, 6.45) is 3.57. The molecule has 2 aromatic carbocycles. The number of carbonyl (C=O) groups excluding carboxylic acids is 1. The van der Waals surface area contributed by atoms with Crippen molar-refractivity contribution in [3.05, 3.63) is 75.5 Å². The van der Waals surface area contributed by atoms with Crippen molar-refractivity contribution < 1.29 is 19.4 Å². The second-order valence-electron chi connectivity index (χ2n) is 12.3. The van der Waals surface area contributed by atoms with Gasteiger partial charge in [-0.2, -0.15) is 5.26 Å².